The van der Waals surface area contributed by atoms with Crippen LogP contribution in [-0.4, -0.2) is 25.9 Å². The van der Waals surface area contributed by atoms with E-state index in [4.69, 9.17) is 0 Å². The minimum atomic E-state index is -0.668. The number of hydrogen-bond donors (Lipinski definition) is 0. The van der Waals surface area contributed by atoms with Crippen molar-refractivity contribution >= 4 is 31.8 Å². The molecular weight excluding hydrogens is 243 g/mol. The van der Waals surface area contributed by atoms with Crippen molar-refractivity contribution in [3.8, 4) is 0 Å². The van der Waals surface area contributed by atoms with E-state index in [2.05, 4.69) is 16.0 Å². The molecule has 1 rings (SSSR count). The standard InChI is InChI=1S/C6H3N2O4Se/c9-7(10)4-2-1-3-5(6(4)13)8(11)12/h1-3H. The molecule has 7 heteroatoms. The van der Waals surface area contributed by atoms with E-state index in [-0.39, 0.29) is 15.8 Å². The van der Waals surface area contributed by atoms with E-state index < -0.39 is 9.85 Å². The molecule has 1 radical (unpaired) electrons. The zero-order valence-electron chi connectivity index (χ0n) is 6.17. The van der Waals surface area contributed by atoms with Gasteiger partial charge >= 0.3 is 80.1 Å². The van der Waals surface area contributed by atoms with E-state index >= 15 is 0 Å². The van der Waals surface area contributed by atoms with Crippen LogP contribution in [0.5, 0.6) is 0 Å². The van der Waals surface area contributed by atoms with E-state index in [0.717, 1.165) is 0 Å². The normalized spacial score (nSPS) is 9.54. The zero-order chi connectivity index (χ0) is 10.0. The molecule has 0 aliphatic carbocycles. The summed E-state index contributed by atoms with van der Waals surface area (Å²) in [5.41, 5.74) is -0.566. The van der Waals surface area contributed by atoms with Crippen LogP contribution in [0.15, 0.2) is 18.2 Å². The van der Waals surface area contributed by atoms with Crippen LogP contribution >= 0.6 is 0 Å². The molecule has 0 bridgehead atoms. The number of rotatable bonds is 2. The minimum absolute atomic E-state index is 0.0440. The Bertz CT molecular complexity index is 347. The molecule has 0 atom stereocenters. The van der Waals surface area contributed by atoms with Crippen LogP contribution in [0.25, 0.3) is 0 Å². The number of nitro groups is 2. The van der Waals surface area contributed by atoms with Crippen molar-refractivity contribution in [3.63, 3.8) is 0 Å². The third kappa shape index (κ3) is 1.82. The van der Waals surface area contributed by atoms with Gasteiger partial charge in [-0.15, -0.1) is 0 Å². The van der Waals surface area contributed by atoms with Gasteiger partial charge in [0, 0.05) is 0 Å². The van der Waals surface area contributed by atoms with E-state index in [1.165, 1.54) is 18.2 Å². The summed E-state index contributed by atoms with van der Waals surface area (Å²) in [6.45, 7) is 0. The summed E-state index contributed by atoms with van der Waals surface area (Å²) in [5, 5.41) is 20.7. The van der Waals surface area contributed by atoms with Gasteiger partial charge in [-0.2, -0.15) is 0 Å². The summed E-state index contributed by atoms with van der Waals surface area (Å²) in [7, 11) is 0. The van der Waals surface area contributed by atoms with E-state index in [0.29, 0.717) is 0 Å². The van der Waals surface area contributed by atoms with E-state index in [9.17, 15) is 20.2 Å². The quantitative estimate of drug-likeness (QED) is 0.426. The number of hydrogen-bond acceptors (Lipinski definition) is 4. The van der Waals surface area contributed by atoms with Gasteiger partial charge in [-0.1, -0.05) is 0 Å². The summed E-state index contributed by atoms with van der Waals surface area (Å²) in [4.78, 5) is 19.4. The van der Waals surface area contributed by atoms with Crippen LogP contribution < -0.4 is 4.46 Å². The Balaban J connectivity index is 3.35. The molecule has 1 aromatic rings. The van der Waals surface area contributed by atoms with Crippen LogP contribution in [-0.2, 0) is 0 Å². The van der Waals surface area contributed by atoms with Crippen molar-refractivity contribution < 1.29 is 9.85 Å². The van der Waals surface area contributed by atoms with Crippen LogP contribution in [0.3, 0.4) is 0 Å². The van der Waals surface area contributed by atoms with Gasteiger partial charge in [0.25, 0.3) is 0 Å². The van der Waals surface area contributed by atoms with Gasteiger partial charge in [-0.05, 0) is 0 Å². The van der Waals surface area contributed by atoms with E-state index in [1.54, 1.807) is 0 Å². The average Bonchev–Trinajstić information content (AvgIpc) is 2.03. The van der Waals surface area contributed by atoms with Gasteiger partial charge in [0.15, 0.2) is 0 Å². The van der Waals surface area contributed by atoms with Crippen molar-refractivity contribution in [3.05, 3.63) is 38.4 Å². The average molecular weight is 246 g/mol. The molecule has 13 heavy (non-hydrogen) atoms. The first kappa shape index (κ1) is 9.63. The second-order valence-electron chi connectivity index (χ2n) is 2.14. The molecule has 0 amide bonds. The maximum atomic E-state index is 10.4. The molecule has 0 unspecified atom stereocenters. The van der Waals surface area contributed by atoms with Gasteiger partial charge in [0.05, 0.1) is 0 Å². The fraction of sp³-hybridized carbons (Fsp3) is 0. The third-order valence-corrected chi connectivity index (χ3v) is 2.24. The molecule has 67 valence electrons. The summed E-state index contributed by atoms with van der Waals surface area (Å²) in [5.74, 6) is 0. The van der Waals surface area contributed by atoms with Crippen molar-refractivity contribution in [2.75, 3.05) is 0 Å². The van der Waals surface area contributed by atoms with Gasteiger partial charge < -0.3 is 0 Å². The Morgan fingerprint density at radius 1 is 1.08 bits per heavy atom. The first-order valence-corrected chi connectivity index (χ1v) is 3.98. The number of nitro benzene ring substituents is 2. The molecule has 0 N–H and O–H groups in total. The van der Waals surface area contributed by atoms with Crippen molar-refractivity contribution in [2.45, 2.75) is 0 Å². The molecular formula is C6H3N2O4Se. The molecule has 0 heterocycles. The first-order chi connectivity index (χ1) is 6.04. The Hall–Kier alpha value is -1.46. The van der Waals surface area contributed by atoms with Gasteiger partial charge in [0.1, 0.15) is 0 Å². The Morgan fingerprint density at radius 2 is 1.46 bits per heavy atom. The van der Waals surface area contributed by atoms with E-state index in [1.807, 2.05) is 0 Å². The second kappa shape index (κ2) is 3.51. The first-order valence-electron chi connectivity index (χ1n) is 3.13. The number of benzene rings is 1. The zero-order valence-corrected chi connectivity index (χ0v) is 7.88. The Labute approximate surface area is 80.7 Å². The van der Waals surface area contributed by atoms with Crippen LogP contribution in [0.1, 0.15) is 0 Å². The van der Waals surface area contributed by atoms with Crippen LogP contribution in [0, 0.1) is 20.2 Å². The van der Waals surface area contributed by atoms with Gasteiger partial charge in [0.2, 0.25) is 0 Å². The third-order valence-electron chi connectivity index (χ3n) is 1.37. The topological polar surface area (TPSA) is 86.3 Å². The SMILES string of the molecule is O=[N+]([O-])c1cccc([N+](=O)[O-])c1[Se]. The summed E-state index contributed by atoms with van der Waals surface area (Å²) in [6, 6.07) is 3.69. The molecule has 0 fully saturated rings. The van der Waals surface area contributed by atoms with Gasteiger partial charge in [-0.25, -0.2) is 0 Å². The molecule has 6 nitrogen and oxygen atoms in total. The van der Waals surface area contributed by atoms with Crippen molar-refractivity contribution in [1.29, 1.82) is 0 Å². The Morgan fingerprint density at radius 3 is 1.77 bits per heavy atom. The predicted octanol–water partition coefficient (Wildman–Crippen LogP) is 0.297. The fourth-order valence-electron chi connectivity index (χ4n) is 0.801. The summed E-state index contributed by atoms with van der Waals surface area (Å²) in [6.07, 6.45) is 0. The van der Waals surface area contributed by atoms with Crippen molar-refractivity contribution in [2.24, 2.45) is 0 Å². The predicted molar refractivity (Wildman–Crippen MR) is 45.1 cm³/mol. The molecule has 0 saturated carbocycles. The molecule has 0 aromatic heterocycles. The maximum absolute atomic E-state index is 10.4. The van der Waals surface area contributed by atoms with Gasteiger partial charge in [-0.3, -0.25) is 0 Å². The molecule has 0 saturated heterocycles. The van der Waals surface area contributed by atoms with Crippen molar-refractivity contribution in [1.82, 2.24) is 0 Å². The molecule has 0 spiro atoms. The van der Waals surface area contributed by atoms with Crippen LogP contribution in [0.4, 0.5) is 11.4 Å². The fourth-order valence-corrected chi connectivity index (χ4v) is 1.40. The molecule has 0 aliphatic heterocycles. The van der Waals surface area contributed by atoms with Crippen LogP contribution in [0.2, 0.25) is 0 Å². The summed E-state index contributed by atoms with van der Waals surface area (Å²) >= 11 is 2.32. The second-order valence-corrected chi connectivity index (χ2v) is 3.00. The molecule has 0 aliphatic rings. The monoisotopic (exact) mass is 247 g/mol. The Kier molecular flexibility index (Phi) is 2.60. The number of nitrogens with zero attached hydrogens (tertiary/aromatic N) is 2. The molecule has 1 aromatic carbocycles. The summed E-state index contributed by atoms with van der Waals surface area (Å²) < 4.78 is -0.0440.